The second-order valence-corrected chi connectivity index (χ2v) is 13.9. The molecule has 1 aromatic heterocycles. The van der Waals surface area contributed by atoms with Gasteiger partial charge < -0.3 is 0 Å². The van der Waals surface area contributed by atoms with Crippen LogP contribution in [0.5, 0.6) is 0 Å². The van der Waals surface area contributed by atoms with Crippen LogP contribution in [0.3, 0.4) is 0 Å². The quantitative estimate of drug-likeness (QED) is 0.409. The van der Waals surface area contributed by atoms with Crippen LogP contribution in [0.1, 0.15) is 34.6 Å². The van der Waals surface area contributed by atoms with E-state index in [9.17, 15) is 0 Å². The second-order valence-electron chi connectivity index (χ2n) is 8.84. The third kappa shape index (κ3) is 4.58. The maximum atomic E-state index is 8.60. The van der Waals surface area contributed by atoms with E-state index in [0.29, 0.717) is 11.3 Å². The van der Waals surface area contributed by atoms with Gasteiger partial charge >= 0.3 is 0 Å². The van der Waals surface area contributed by atoms with Crippen LogP contribution in [0, 0.1) is 18.9 Å². The third-order valence-electron chi connectivity index (χ3n) is 4.25. The zero-order valence-corrected chi connectivity index (χ0v) is 17.8. The van der Waals surface area contributed by atoms with Crippen molar-refractivity contribution in [2.24, 2.45) is 12.5 Å². The molecule has 0 aliphatic heterocycles. The first-order valence-electron chi connectivity index (χ1n) is 9.73. The highest BCUT2D eigenvalue weighted by molar-refractivity contribution is 6.88. The summed E-state index contributed by atoms with van der Waals surface area (Å²) in [7, 11) is 0.646. The van der Waals surface area contributed by atoms with Crippen LogP contribution in [0.25, 0.3) is 16.1 Å². The fraction of sp³-hybridized carbons (Fsp3) is 0.455. The molecule has 0 N–H and O–H groups in total. The van der Waals surface area contributed by atoms with Crippen molar-refractivity contribution >= 4 is 18.9 Å². The first-order chi connectivity index (χ1) is 12.2. The van der Waals surface area contributed by atoms with Crippen molar-refractivity contribution in [2.45, 2.75) is 53.7 Å². The normalized spacial score (nSPS) is 13.9. The molecule has 0 saturated carbocycles. The van der Waals surface area contributed by atoms with Gasteiger partial charge in [-0.3, -0.25) is 0 Å². The van der Waals surface area contributed by atoms with Gasteiger partial charge in [0, 0.05) is 19.6 Å². The number of rotatable bonds is 3. The summed E-state index contributed by atoms with van der Waals surface area (Å²) in [5.41, 5.74) is 3.30. The lowest BCUT2D eigenvalue weighted by molar-refractivity contribution is -0.659. The number of benzene rings is 1. The summed E-state index contributed by atoms with van der Waals surface area (Å²) in [5.74, 6) is 0. The summed E-state index contributed by atoms with van der Waals surface area (Å²) >= 11 is 0. The van der Waals surface area contributed by atoms with E-state index in [2.05, 4.69) is 47.4 Å². The smallest absolute Gasteiger partial charge is 0.211 e. The van der Waals surface area contributed by atoms with Crippen LogP contribution in [0.4, 0.5) is 5.69 Å². The molecule has 2 aromatic rings. The van der Waals surface area contributed by atoms with Gasteiger partial charge in [0.2, 0.25) is 5.69 Å². The first-order valence-corrected chi connectivity index (χ1v) is 12.2. The Morgan fingerprint density at radius 1 is 1.20 bits per heavy atom. The lowest BCUT2D eigenvalue weighted by Gasteiger charge is -2.20. The number of nitrogens with zero attached hydrogens (tertiary/aromatic N) is 2. The zero-order valence-electron chi connectivity index (χ0n) is 18.8. The van der Waals surface area contributed by atoms with E-state index < -0.39 is 19.9 Å². The third-order valence-corrected chi connectivity index (χ3v) is 6.28. The molecule has 2 nitrogen and oxygen atoms in total. The van der Waals surface area contributed by atoms with Crippen LogP contribution in [0.2, 0.25) is 19.6 Å². The molecule has 0 amide bonds. The molecule has 2 rings (SSSR count). The van der Waals surface area contributed by atoms with Crippen molar-refractivity contribution in [2.75, 3.05) is 0 Å². The van der Waals surface area contributed by atoms with Crippen LogP contribution in [-0.2, 0) is 13.4 Å². The number of hydrogen-bond acceptors (Lipinski definition) is 0. The average Bonchev–Trinajstić information content (AvgIpc) is 2.53. The fourth-order valence-corrected chi connectivity index (χ4v) is 4.06. The maximum Gasteiger partial charge on any atom is 0.211 e. The second kappa shape index (κ2) is 6.76. The zero-order chi connectivity index (χ0) is 20.8. The van der Waals surface area contributed by atoms with E-state index in [1.54, 1.807) is 0 Å². The Hall–Kier alpha value is -1.92. The number of pyridine rings is 1. The molecule has 0 fully saturated rings. The molecule has 0 spiro atoms. The highest BCUT2D eigenvalue weighted by Gasteiger charge is 2.23. The molecule has 132 valence electrons. The molecule has 3 heteroatoms. The molecular weight excluding hydrogens is 320 g/mol. The number of aryl methyl sites for hydroxylation is 2. The first kappa shape index (κ1) is 16.5. The van der Waals surface area contributed by atoms with E-state index in [4.69, 9.17) is 9.31 Å². The van der Waals surface area contributed by atoms with Gasteiger partial charge in [-0.1, -0.05) is 52.5 Å². The summed E-state index contributed by atoms with van der Waals surface area (Å²) in [6.45, 7) is 22.2. The summed E-state index contributed by atoms with van der Waals surface area (Å²) < 4.78 is 19.3. The molecule has 0 unspecified atom stereocenters. The Balaban J connectivity index is 2.67. The molecule has 0 atom stereocenters. The van der Waals surface area contributed by atoms with Gasteiger partial charge in [0.05, 0.1) is 14.6 Å². The van der Waals surface area contributed by atoms with Crippen molar-refractivity contribution in [1.29, 1.82) is 0 Å². The Labute approximate surface area is 157 Å². The molecule has 1 heterocycles. The predicted octanol–water partition coefficient (Wildman–Crippen LogP) is 5.17. The van der Waals surface area contributed by atoms with Gasteiger partial charge in [0.15, 0.2) is 11.9 Å². The molecule has 0 aliphatic rings. The van der Waals surface area contributed by atoms with Crippen molar-refractivity contribution < 1.29 is 7.31 Å². The predicted molar refractivity (Wildman–Crippen MR) is 110 cm³/mol. The van der Waals surface area contributed by atoms with E-state index in [-0.39, 0.29) is 0 Å². The van der Waals surface area contributed by atoms with Crippen molar-refractivity contribution in [1.82, 2.24) is 0 Å². The van der Waals surface area contributed by atoms with Crippen molar-refractivity contribution in [3.8, 4) is 11.3 Å². The van der Waals surface area contributed by atoms with E-state index in [0.717, 1.165) is 16.8 Å². The van der Waals surface area contributed by atoms with E-state index >= 15 is 0 Å². The lowest BCUT2D eigenvalue weighted by Crippen LogP contribution is -2.44. The summed E-state index contributed by atoms with van der Waals surface area (Å²) in [4.78, 5) is 3.67. The summed E-state index contributed by atoms with van der Waals surface area (Å²) in [5, 5.41) is 1.39. The minimum atomic E-state index is -1.58. The number of hydrogen-bond donors (Lipinski definition) is 0. The minimum Gasteiger partial charge on any atom is -0.238 e. The number of aromatic nitrogens is 1. The summed E-state index contributed by atoms with van der Waals surface area (Å²) in [6.07, 6.45) is 0.612. The van der Waals surface area contributed by atoms with E-state index in [1.165, 1.54) is 5.19 Å². The lowest BCUT2D eigenvalue weighted by atomic mass is 9.86. The minimum absolute atomic E-state index is 0.393. The van der Waals surface area contributed by atoms with Gasteiger partial charge in [-0.05, 0) is 35.9 Å². The van der Waals surface area contributed by atoms with Gasteiger partial charge in [-0.25, -0.2) is 9.41 Å². The SMILES string of the molecule is [2H]C([2H])(c1cc(C)c(-c2ccc([Si](C)(C)C)c[n+]2C)cc1[N+]#[C-])C(C)(C)C. The molecule has 0 radical (unpaired) electrons. The van der Waals surface area contributed by atoms with Gasteiger partial charge in [0.1, 0.15) is 7.05 Å². The average molecular weight is 354 g/mol. The monoisotopic (exact) mass is 353 g/mol. The van der Waals surface area contributed by atoms with Crippen LogP contribution >= 0.6 is 0 Å². The Bertz CT molecular complexity index is 914. The highest BCUT2D eigenvalue weighted by atomic mass is 28.3. The Morgan fingerprint density at radius 2 is 1.84 bits per heavy atom. The fourth-order valence-electron chi connectivity index (χ4n) is 2.90. The van der Waals surface area contributed by atoms with Crippen LogP contribution in [0.15, 0.2) is 30.5 Å². The van der Waals surface area contributed by atoms with Crippen molar-refractivity contribution in [3.63, 3.8) is 0 Å². The molecule has 1 aromatic carbocycles. The largest absolute Gasteiger partial charge is 0.238 e. The van der Waals surface area contributed by atoms with Crippen LogP contribution in [-0.4, -0.2) is 8.07 Å². The molecule has 25 heavy (non-hydrogen) atoms. The Morgan fingerprint density at radius 3 is 2.32 bits per heavy atom. The van der Waals surface area contributed by atoms with E-state index in [1.807, 2.05) is 46.9 Å². The van der Waals surface area contributed by atoms with Gasteiger partial charge in [0.25, 0.3) is 0 Å². The summed E-state index contributed by atoms with van der Waals surface area (Å²) in [6, 6.07) is 8.04. The highest BCUT2D eigenvalue weighted by Crippen LogP contribution is 2.33. The Kier molecular flexibility index (Phi) is 4.48. The van der Waals surface area contributed by atoms with Crippen molar-refractivity contribution in [3.05, 3.63) is 53.0 Å². The molecule has 0 bridgehead atoms. The maximum absolute atomic E-state index is 8.60. The van der Waals surface area contributed by atoms with Gasteiger partial charge in [-0.15, -0.1) is 0 Å². The van der Waals surface area contributed by atoms with Gasteiger partial charge in [-0.2, -0.15) is 0 Å². The molecular formula is C22H31N2Si+. The topological polar surface area (TPSA) is 8.24 Å². The van der Waals surface area contributed by atoms with Crippen LogP contribution < -0.4 is 9.75 Å². The standard InChI is InChI=1S/C22H31N2Si/c1-16-12-17(14-22(2,3)4)20(23-5)13-19(16)21-11-10-18(15-24(21)6)25(7,8)9/h10-13,15H,14H2,1-4,6-9H3/q+1/i14D2. The molecule has 0 aliphatic carbocycles. The molecule has 0 saturated heterocycles.